The van der Waals surface area contributed by atoms with Crippen LogP contribution in [0.2, 0.25) is 5.02 Å². The molecule has 1 heterocycles. The molecule has 0 radical (unpaired) electrons. The number of rotatable bonds is 7. The Bertz CT molecular complexity index is 1030. The first-order valence-electron chi connectivity index (χ1n) is 8.82. The third-order valence-corrected chi connectivity index (χ3v) is 6.25. The van der Waals surface area contributed by atoms with E-state index in [-0.39, 0.29) is 27.9 Å². The van der Waals surface area contributed by atoms with Crippen molar-refractivity contribution < 1.29 is 27.9 Å². The fourth-order valence-corrected chi connectivity index (χ4v) is 4.53. The zero-order chi connectivity index (χ0) is 21.0. The van der Waals surface area contributed by atoms with Crippen LogP contribution in [-0.4, -0.2) is 44.7 Å². The topological polar surface area (TPSA) is 122 Å². The molecule has 1 aliphatic rings. The summed E-state index contributed by atoms with van der Waals surface area (Å²) in [5.41, 5.74) is -0.0499. The van der Waals surface area contributed by atoms with Gasteiger partial charge in [-0.05, 0) is 43.2 Å². The van der Waals surface area contributed by atoms with Gasteiger partial charge in [-0.1, -0.05) is 23.7 Å². The number of benzene rings is 2. The Morgan fingerprint density at radius 3 is 2.66 bits per heavy atom. The molecule has 1 fully saturated rings. The van der Waals surface area contributed by atoms with Crippen molar-refractivity contribution in [1.29, 1.82) is 0 Å². The fraction of sp³-hybridized carbons (Fsp3) is 0.263. The summed E-state index contributed by atoms with van der Waals surface area (Å²) >= 11 is 5.97. The van der Waals surface area contributed by atoms with Crippen molar-refractivity contribution in [3.8, 4) is 0 Å². The normalized spacial score (nSPS) is 16.4. The first-order chi connectivity index (χ1) is 13.8. The number of carbonyl (C=O) groups is 2. The Kier molecular flexibility index (Phi) is 6.41. The van der Waals surface area contributed by atoms with Crippen LogP contribution in [0.4, 0.5) is 5.69 Å². The van der Waals surface area contributed by atoms with Crippen LogP contribution in [0.15, 0.2) is 47.4 Å². The lowest BCUT2D eigenvalue weighted by molar-refractivity contribution is 0.0696. The van der Waals surface area contributed by atoms with E-state index in [0.29, 0.717) is 13.2 Å². The van der Waals surface area contributed by atoms with Gasteiger partial charge in [-0.15, -0.1) is 0 Å². The molecule has 2 aromatic rings. The highest BCUT2D eigenvalue weighted by Crippen LogP contribution is 2.26. The maximum Gasteiger partial charge on any atom is 0.335 e. The predicted octanol–water partition coefficient (Wildman–Crippen LogP) is 2.75. The van der Waals surface area contributed by atoms with Gasteiger partial charge >= 0.3 is 5.97 Å². The van der Waals surface area contributed by atoms with Gasteiger partial charge in [-0.2, -0.15) is 0 Å². The number of sulfonamides is 1. The van der Waals surface area contributed by atoms with E-state index in [4.69, 9.17) is 21.4 Å². The van der Waals surface area contributed by atoms with Gasteiger partial charge in [0.15, 0.2) is 0 Å². The van der Waals surface area contributed by atoms with Crippen LogP contribution in [-0.2, 0) is 14.8 Å². The van der Waals surface area contributed by atoms with Gasteiger partial charge < -0.3 is 15.2 Å². The summed E-state index contributed by atoms with van der Waals surface area (Å²) in [7, 11) is -4.24. The maximum absolute atomic E-state index is 12.8. The Hall–Kier alpha value is -2.62. The highest BCUT2D eigenvalue weighted by molar-refractivity contribution is 7.92. The summed E-state index contributed by atoms with van der Waals surface area (Å²) < 4.78 is 33.4. The number of anilines is 1. The number of amides is 1. The number of carbonyl (C=O) groups excluding carboxylic acids is 1. The first kappa shape index (κ1) is 21.1. The average molecular weight is 439 g/mol. The molecule has 8 nitrogen and oxygen atoms in total. The monoisotopic (exact) mass is 438 g/mol. The number of para-hydroxylation sites is 1. The molecule has 2 aromatic carbocycles. The maximum atomic E-state index is 12.8. The third kappa shape index (κ3) is 5.06. The quantitative estimate of drug-likeness (QED) is 0.611. The van der Waals surface area contributed by atoms with Gasteiger partial charge in [0.2, 0.25) is 0 Å². The Morgan fingerprint density at radius 2 is 1.97 bits per heavy atom. The summed E-state index contributed by atoms with van der Waals surface area (Å²) in [6, 6.07) is 9.47. The molecule has 1 atom stereocenters. The molecular formula is C19H19ClN2O6S. The second kappa shape index (κ2) is 8.81. The number of aromatic carboxylic acids is 1. The zero-order valence-corrected chi connectivity index (χ0v) is 16.8. The van der Waals surface area contributed by atoms with E-state index in [0.717, 1.165) is 18.9 Å². The minimum absolute atomic E-state index is 0.0501. The van der Waals surface area contributed by atoms with Crippen LogP contribution in [0.3, 0.4) is 0 Å². The smallest absolute Gasteiger partial charge is 0.335 e. The molecule has 0 saturated carbocycles. The van der Waals surface area contributed by atoms with Crippen LogP contribution in [0, 0.1) is 0 Å². The molecule has 1 amide bonds. The molecule has 1 aliphatic heterocycles. The standard InChI is InChI=1S/C19H19ClN2O6S/c20-15-8-7-12(19(24)25)10-17(15)29(26,27)22-16-6-2-1-5-14(16)18(23)21-11-13-4-3-9-28-13/h1-2,5-8,10,13,22H,3-4,9,11H2,(H,21,23)(H,24,25)/t13-/m1/s1. The van der Waals surface area contributed by atoms with E-state index in [9.17, 15) is 18.0 Å². The van der Waals surface area contributed by atoms with Crippen LogP contribution in [0.1, 0.15) is 33.6 Å². The van der Waals surface area contributed by atoms with Gasteiger partial charge in [-0.25, -0.2) is 13.2 Å². The summed E-state index contributed by atoms with van der Waals surface area (Å²) in [6.07, 6.45) is 1.74. The summed E-state index contributed by atoms with van der Waals surface area (Å²) in [4.78, 5) is 23.3. The Labute approximate surface area is 172 Å². The van der Waals surface area contributed by atoms with E-state index in [1.54, 1.807) is 12.1 Å². The summed E-state index contributed by atoms with van der Waals surface area (Å²) in [6.45, 7) is 0.986. The van der Waals surface area contributed by atoms with Gasteiger partial charge in [-0.3, -0.25) is 9.52 Å². The molecule has 29 heavy (non-hydrogen) atoms. The van der Waals surface area contributed by atoms with Crippen molar-refractivity contribution in [2.45, 2.75) is 23.8 Å². The number of halogens is 1. The highest BCUT2D eigenvalue weighted by atomic mass is 35.5. The number of nitrogens with one attached hydrogen (secondary N) is 2. The molecular weight excluding hydrogens is 420 g/mol. The Balaban J connectivity index is 1.83. The zero-order valence-electron chi connectivity index (χ0n) is 15.2. The predicted molar refractivity (Wildman–Crippen MR) is 107 cm³/mol. The van der Waals surface area contributed by atoms with E-state index in [1.807, 2.05) is 0 Å². The largest absolute Gasteiger partial charge is 0.478 e. The molecule has 0 aliphatic carbocycles. The van der Waals surface area contributed by atoms with E-state index >= 15 is 0 Å². The summed E-state index contributed by atoms with van der Waals surface area (Å²) in [5, 5.41) is 11.7. The average Bonchev–Trinajstić information content (AvgIpc) is 3.20. The lowest BCUT2D eigenvalue weighted by Gasteiger charge is -2.15. The Morgan fingerprint density at radius 1 is 1.21 bits per heavy atom. The van der Waals surface area contributed by atoms with E-state index in [1.165, 1.54) is 24.3 Å². The molecule has 0 unspecified atom stereocenters. The van der Waals surface area contributed by atoms with Gasteiger partial charge in [0.1, 0.15) is 4.90 Å². The SMILES string of the molecule is O=C(O)c1ccc(Cl)c(S(=O)(=O)Nc2ccccc2C(=O)NC[C@H]2CCCO2)c1. The van der Waals surface area contributed by atoms with Crippen LogP contribution < -0.4 is 10.0 Å². The number of carboxylic acid groups (broad SMARTS) is 1. The summed E-state index contributed by atoms with van der Waals surface area (Å²) in [5.74, 6) is -1.74. The van der Waals surface area contributed by atoms with E-state index in [2.05, 4.69) is 10.0 Å². The molecule has 0 bridgehead atoms. The second-order valence-electron chi connectivity index (χ2n) is 6.45. The minimum atomic E-state index is -4.24. The van der Waals surface area contributed by atoms with Crippen molar-refractivity contribution in [1.82, 2.24) is 5.32 Å². The van der Waals surface area contributed by atoms with Crippen molar-refractivity contribution >= 4 is 39.2 Å². The first-order valence-corrected chi connectivity index (χ1v) is 10.7. The number of hydrogen-bond acceptors (Lipinski definition) is 5. The molecule has 0 aromatic heterocycles. The molecule has 10 heteroatoms. The van der Waals surface area contributed by atoms with Crippen LogP contribution in [0.25, 0.3) is 0 Å². The van der Waals surface area contributed by atoms with Gasteiger partial charge in [0.05, 0.1) is 27.9 Å². The fourth-order valence-electron chi connectivity index (χ4n) is 2.92. The van der Waals surface area contributed by atoms with Crippen molar-refractivity contribution in [3.63, 3.8) is 0 Å². The van der Waals surface area contributed by atoms with Crippen LogP contribution >= 0.6 is 11.6 Å². The number of ether oxygens (including phenoxy) is 1. The third-order valence-electron chi connectivity index (χ3n) is 4.40. The number of hydrogen-bond donors (Lipinski definition) is 3. The second-order valence-corrected chi connectivity index (χ2v) is 8.50. The van der Waals surface area contributed by atoms with Gasteiger partial charge in [0, 0.05) is 13.2 Å². The molecule has 0 spiro atoms. The van der Waals surface area contributed by atoms with Crippen molar-refractivity contribution in [2.75, 3.05) is 17.9 Å². The molecule has 1 saturated heterocycles. The lowest BCUT2D eigenvalue weighted by atomic mass is 10.1. The molecule has 3 rings (SSSR count). The minimum Gasteiger partial charge on any atom is -0.478 e. The van der Waals surface area contributed by atoms with Crippen LogP contribution in [0.5, 0.6) is 0 Å². The molecule has 3 N–H and O–H groups in total. The number of carboxylic acids is 1. The lowest BCUT2D eigenvalue weighted by Crippen LogP contribution is -2.32. The van der Waals surface area contributed by atoms with Gasteiger partial charge in [0.25, 0.3) is 15.9 Å². The molecule has 154 valence electrons. The highest BCUT2D eigenvalue weighted by Gasteiger charge is 2.23. The van der Waals surface area contributed by atoms with Crippen molar-refractivity contribution in [2.24, 2.45) is 0 Å². The van der Waals surface area contributed by atoms with E-state index < -0.39 is 26.8 Å². The van der Waals surface area contributed by atoms with Crippen molar-refractivity contribution in [3.05, 3.63) is 58.6 Å².